The summed E-state index contributed by atoms with van der Waals surface area (Å²) in [6.45, 7) is 3.98. The van der Waals surface area contributed by atoms with Crippen LogP contribution in [0, 0.1) is 5.82 Å². The van der Waals surface area contributed by atoms with Crippen LogP contribution in [-0.4, -0.2) is 11.1 Å². The van der Waals surface area contributed by atoms with Crippen LogP contribution in [-0.2, 0) is 0 Å². The highest BCUT2D eigenvalue weighted by atomic mass is 19.1. The maximum Gasteiger partial charge on any atom is 0.177 e. The van der Waals surface area contributed by atoms with Crippen LogP contribution in [0.2, 0.25) is 0 Å². The van der Waals surface area contributed by atoms with Crippen LogP contribution in [0.3, 0.4) is 0 Å². The smallest absolute Gasteiger partial charge is 0.177 e. The summed E-state index contributed by atoms with van der Waals surface area (Å²) in [5, 5.41) is 0. The van der Waals surface area contributed by atoms with Gasteiger partial charge in [0.05, 0.1) is 11.8 Å². The van der Waals surface area contributed by atoms with Gasteiger partial charge in [-0.15, -0.1) is 0 Å². The van der Waals surface area contributed by atoms with E-state index >= 15 is 0 Å². The van der Waals surface area contributed by atoms with Crippen molar-refractivity contribution in [2.24, 2.45) is 0 Å². The predicted octanol–water partition coefficient (Wildman–Crippen LogP) is 2.89. The Morgan fingerprint density at radius 2 is 2.21 bits per heavy atom. The lowest BCUT2D eigenvalue weighted by Gasteiger charge is -2.12. The zero-order valence-electron chi connectivity index (χ0n) is 8.46. The van der Waals surface area contributed by atoms with E-state index in [-0.39, 0.29) is 17.8 Å². The number of rotatable bonds is 3. The second kappa shape index (κ2) is 3.56. The highest BCUT2D eigenvalue weighted by molar-refractivity contribution is 5.31. The Labute approximate surface area is 83.1 Å². The van der Waals surface area contributed by atoms with Gasteiger partial charge < -0.3 is 4.74 Å². The van der Waals surface area contributed by atoms with Crippen molar-refractivity contribution in [3.63, 3.8) is 0 Å². The lowest BCUT2D eigenvalue weighted by atomic mass is 10.1. The predicted molar refractivity (Wildman–Crippen MR) is 51.9 cm³/mol. The highest BCUT2D eigenvalue weighted by Gasteiger charge is 2.27. The molecule has 0 amide bonds. The minimum absolute atomic E-state index is 0.194. The Morgan fingerprint density at radius 1 is 1.50 bits per heavy atom. The van der Waals surface area contributed by atoms with Crippen molar-refractivity contribution in [1.29, 1.82) is 0 Å². The van der Waals surface area contributed by atoms with E-state index in [9.17, 15) is 4.39 Å². The molecule has 1 aliphatic carbocycles. The molecule has 0 bridgehead atoms. The van der Waals surface area contributed by atoms with Crippen LogP contribution >= 0.6 is 0 Å². The third-order valence-electron chi connectivity index (χ3n) is 2.24. The van der Waals surface area contributed by atoms with Gasteiger partial charge in [0.2, 0.25) is 0 Å². The van der Waals surface area contributed by atoms with E-state index in [0.29, 0.717) is 5.75 Å². The zero-order chi connectivity index (χ0) is 10.1. The van der Waals surface area contributed by atoms with Gasteiger partial charge in [-0.05, 0) is 24.8 Å². The van der Waals surface area contributed by atoms with Gasteiger partial charge >= 0.3 is 0 Å². The first-order valence-corrected chi connectivity index (χ1v) is 4.99. The van der Waals surface area contributed by atoms with Gasteiger partial charge in [0.25, 0.3) is 0 Å². The third kappa shape index (κ3) is 1.86. The van der Waals surface area contributed by atoms with Gasteiger partial charge in [0.15, 0.2) is 11.6 Å². The minimum Gasteiger partial charge on any atom is -0.485 e. The molecule has 1 fully saturated rings. The van der Waals surface area contributed by atoms with Gasteiger partial charge in [-0.2, -0.15) is 0 Å². The standard InChI is InChI=1S/C11H14FNO/c1-7(2)10-11(14-8-3-4-8)9(12)5-6-13-10/h5-8H,3-4H2,1-2H3. The molecule has 0 N–H and O–H groups in total. The maximum atomic E-state index is 13.4. The summed E-state index contributed by atoms with van der Waals surface area (Å²) < 4.78 is 18.9. The average molecular weight is 195 g/mol. The summed E-state index contributed by atoms with van der Waals surface area (Å²) in [5.74, 6) is 0.250. The molecule has 76 valence electrons. The fourth-order valence-corrected chi connectivity index (χ4v) is 1.32. The summed E-state index contributed by atoms with van der Waals surface area (Å²) >= 11 is 0. The van der Waals surface area contributed by atoms with Crippen LogP contribution in [0.4, 0.5) is 4.39 Å². The van der Waals surface area contributed by atoms with Crippen LogP contribution in [0.5, 0.6) is 5.75 Å². The Morgan fingerprint density at radius 3 is 2.79 bits per heavy atom. The molecule has 2 nitrogen and oxygen atoms in total. The van der Waals surface area contributed by atoms with Crippen molar-refractivity contribution in [3.05, 3.63) is 23.8 Å². The molecular formula is C11H14FNO. The highest BCUT2D eigenvalue weighted by Crippen LogP contribution is 2.33. The van der Waals surface area contributed by atoms with Gasteiger partial charge in [-0.3, -0.25) is 4.98 Å². The van der Waals surface area contributed by atoms with E-state index in [2.05, 4.69) is 4.98 Å². The van der Waals surface area contributed by atoms with Crippen molar-refractivity contribution in [2.75, 3.05) is 0 Å². The summed E-state index contributed by atoms with van der Waals surface area (Å²) in [6.07, 6.45) is 3.77. The summed E-state index contributed by atoms with van der Waals surface area (Å²) in [5.41, 5.74) is 0.719. The fourth-order valence-electron chi connectivity index (χ4n) is 1.32. The van der Waals surface area contributed by atoms with E-state index in [1.807, 2.05) is 13.8 Å². The molecule has 1 saturated carbocycles. The molecular weight excluding hydrogens is 181 g/mol. The molecule has 0 aromatic carbocycles. The van der Waals surface area contributed by atoms with Gasteiger partial charge in [0, 0.05) is 6.20 Å². The number of pyridine rings is 1. The van der Waals surface area contributed by atoms with Crippen molar-refractivity contribution in [3.8, 4) is 5.75 Å². The summed E-state index contributed by atoms with van der Waals surface area (Å²) in [7, 11) is 0. The molecule has 1 aromatic rings. The largest absolute Gasteiger partial charge is 0.485 e. The molecule has 1 heterocycles. The maximum absolute atomic E-state index is 13.4. The van der Waals surface area contributed by atoms with E-state index in [0.717, 1.165) is 18.5 Å². The van der Waals surface area contributed by atoms with Crippen molar-refractivity contribution in [2.45, 2.75) is 38.7 Å². The van der Waals surface area contributed by atoms with E-state index in [1.165, 1.54) is 12.3 Å². The second-order valence-electron chi connectivity index (χ2n) is 3.98. The van der Waals surface area contributed by atoms with Crippen molar-refractivity contribution < 1.29 is 9.13 Å². The first-order chi connectivity index (χ1) is 6.68. The SMILES string of the molecule is CC(C)c1nccc(F)c1OC1CC1. The van der Waals surface area contributed by atoms with E-state index in [4.69, 9.17) is 4.74 Å². The first-order valence-electron chi connectivity index (χ1n) is 4.99. The number of ether oxygens (including phenoxy) is 1. The van der Waals surface area contributed by atoms with Crippen LogP contribution < -0.4 is 4.74 Å². The van der Waals surface area contributed by atoms with E-state index < -0.39 is 0 Å². The van der Waals surface area contributed by atoms with Crippen LogP contribution in [0.25, 0.3) is 0 Å². The van der Waals surface area contributed by atoms with Gasteiger partial charge in [-0.1, -0.05) is 13.8 Å². The topological polar surface area (TPSA) is 22.1 Å². The van der Waals surface area contributed by atoms with E-state index in [1.54, 1.807) is 0 Å². The lowest BCUT2D eigenvalue weighted by molar-refractivity contribution is 0.281. The zero-order valence-corrected chi connectivity index (χ0v) is 8.46. The molecule has 1 aromatic heterocycles. The van der Waals surface area contributed by atoms with Crippen molar-refractivity contribution in [1.82, 2.24) is 4.98 Å². The fraction of sp³-hybridized carbons (Fsp3) is 0.545. The lowest BCUT2D eigenvalue weighted by Crippen LogP contribution is -2.05. The first kappa shape index (κ1) is 9.44. The molecule has 0 spiro atoms. The number of hydrogen-bond donors (Lipinski definition) is 0. The Balaban J connectivity index is 2.31. The summed E-state index contributed by atoms with van der Waals surface area (Å²) in [6, 6.07) is 1.35. The number of aromatic nitrogens is 1. The molecule has 1 aliphatic rings. The molecule has 0 radical (unpaired) electrons. The molecule has 0 aliphatic heterocycles. The average Bonchev–Trinajstić information content (AvgIpc) is 2.91. The summed E-state index contributed by atoms with van der Waals surface area (Å²) in [4.78, 5) is 4.15. The number of halogens is 1. The monoisotopic (exact) mass is 195 g/mol. The van der Waals surface area contributed by atoms with Crippen molar-refractivity contribution >= 4 is 0 Å². The quantitative estimate of drug-likeness (QED) is 0.739. The minimum atomic E-state index is -0.296. The molecule has 2 rings (SSSR count). The Bertz CT molecular complexity index is 334. The molecule has 0 atom stereocenters. The normalized spacial score (nSPS) is 16.0. The number of hydrogen-bond acceptors (Lipinski definition) is 2. The Kier molecular flexibility index (Phi) is 2.40. The van der Waals surface area contributed by atoms with Crippen LogP contribution in [0.1, 0.15) is 38.3 Å². The molecule has 0 saturated heterocycles. The molecule has 3 heteroatoms. The van der Waals surface area contributed by atoms with Crippen LogP contribution in [0.15, 0.2) is 12.3 Å². The Hall–Kier alpha value is -1.12. The third-order valence-corrected chi connectivity index (χ3v) is 2.24. The van der Waals surface area contributed by atoms with Gasteiger partial charge in [-0.25, -0.2) is 4.39 Å². The number of nitrogens with zero attached hydrogens (tertiary/aromatic N) is 1. The second-order valence-corrected chi connectivity index (χ2v) is 3.98. The molecule has 0 unspecified atom stereocenters. The molecule has 14 heavy (non-hydrogen) atoms. The van der Waals surface area contributed by atoms with Gasteiger partial charge in [0.1, 0.15) is 0 Å².